The maximum atomic E-state index is 13.1. The number of rotatable bonds is 5. The van der Waals surface area contributed by atoms with E-state index in [1.807, 2.05) is 53.4 Å². The van der Waals surface area contributed by atoms with Gasteiger partial charge in [-0.25, -0.2) is 0 Å². The number of nitrogens with zero attached hydrogens (tertiary/aromatic N) is 3. The van der Waals surface area contributed by atoms with Crippen molar-refractivity contribution in [3.05, 3.63) is 95.8 Å². The van der Waals surface area contributed by atoms with Crippen LogP contribution in [0.15, 0.2) is 79.0 Å². The third kappa shape index (κ3) is 4.46. The summed E-state index contributed by atoms with van der Waals surface area (Å²) in [6.07, 6.45) is 4.09. The number of amides is 1. The van der Waals surface area contributed by atoms with Gasteiger partial charge in [0.25, 0.3) is 0 Å². The molecule has 1 fully saturated rings. The molecule has 7 heteroatoms. The summed E-state index contributed by atoms with van der Waals surface area (Å²) < 4.78 is 0. The van der Waals surface area contributed by atoms with Crippen LogP contribution in [0.2, 0.25) is 0 Å². The normalized spacial score (nSPS) is 20.4. The van der Waals surface area contributed by atoms with Gasteiger partial charge in [-0.05, 0) is 80.5 Å². The van der Waals surface area contributed by atoms with Crippen molar-refractivity contribution in [3.63, 3.8) is 0 Å². The van der Waals surface area contributed by atoms with E-state index >= 15 is 0 Å². The largest absolute Gasteiger partial charge is 0.366 e. The number of pyridine rings is 1. The van der Waals surface area contributed by atoms with E-state index in [2.05, 4.69) is 72.6 Å². The highest BCUT2D eigenvalue weighted by Gasteiger charge is 2.41. The van der Waals surface area contributed by atoms with Gasteiger partial charge in [0.15, 0.2) is 5.11 Å². The van der Waals surface area contributed by atoms with Gasteiger partial charge in [-0.2, -0.15) is 0 Å². The molecule has 0 bridgehead atoms. The second-order valence-corrected chi connectivity index (χ2v) is 10.4. The summed E-state index contributed by atoms with van der Waals surface area (Å²) in [4.78, 5) is 22.0. The summed E-state index contributed by atoms with van der Waals surface area (Å²) in [6.45, 7) is 6.73. The molecule has 6 nitrogen and oxygen atoms in total. The molecule has 5 rings (SSSR count). The molecular formula is C29H31N5OS. The summed E-state index contributed by atoms with van der Waals surface area (Å²) >= 11 is 5.76. The van der Waals surface area contributed by atoms with Gasteiger partial charge in [0, 0.05) is 30.2 Å². The molecule has 1 amide bonds. The summed E-state index contributed by atoms with van der Waals surface area (Å²) in [5.41, 5.74) is 6.31. The minimum Gasteiger partial charge on any atom is -0.366 e. The molecular weight excluding hydrogens is 466 g/mol. The van der Waals surface area contributed by atoms with E-state index in [4.69, 9.17) is 12.2 Å². The Bertz CT molecular complexity index is 1320. The number of carbonyl (C=O) groups excluding carboxylic acids is 1. The van der Waals surface area contributed by atoms with E-state index in [0.29, 0.717) is 5.11 Å². The van der Waals surface area contributed by atoms with Gasteiger partial charge < -0.3 is 20.4 Å². The first-order chi connectivity index (χ1) is 17.2. The lowest BCUT2D eigenvalue weighted by Crippen LogP contribution is -2.42. The third-order valence-electron chi connectivity index (χ3n) is 7.15. The van der Waals surface area contributed by atoms with Crippen molar-refractivity contribution in [2.45, 2.75) is 38.4 Å². The molecule has 0 saturated carbocycles. The lowest BCUT2D eigenvalue weighted by Gasteiger charge is -2.41. The summed E-state index contributed by atoms with van der Waals surface area (Å²) in [6, 6.07) is 21.6. The predicted octanol–water partition coefficient (Wildman–Crippen LogP) is 5.32. The number of nitrogens with one attached hydrogen (secondary N) is 2. The van der Waals surface area contributed by atoms with Crippen molar-refractivity contribution >= 4 is 40.2 Å². The Hall–Kier alpha value is -3.71. The molecule has 2 aliphatic rings. The van der Waals surface area contributed by atoms with Crippen LogP contribution in [0, 0.1) is 0 Å². The van der Waals surface area contributed by atoms with E-state index in [9.17, 15) is 4.79 Å². The molecule has 0 unspecified atom stereocenters. The van der Waals surface area contributed by atoms with Crippen LogP contribution < -0.4 is 15.5 Å². The maximum Gasteiger partial charge on any atom is 0.244 e. The molecule has 0 aliphatic carbocycles. The fourth-order valence-corrected chi connectivity index (χ4v) is 5.48. The third-order valence-corrected chi connectivity index (χ3v) is 7.50. The highest BCUT2D eigenvalue weighted by atomic mass is 32.1. The van der Waals surface area contributed by atoms with Crippen molar-refractivity contribution < 1.29 is 4.79 Å². The lowest BCUT2D eigenvalue weighted by atomic mass is 9.86. The fraction of sp³-hybridized carbons (Fsp3) is 0.276. The van der Waals surface area contributed by atoms with Crippen LogP contribution >= 0.6 is 12.2 Å². The molecule has 2 atom stereocenters. The predicted molar refractivity (Wildman–Crippen MR) is 150 cm³/mol. The Morgan fingerprint density at radius 2 is 1.86 bits per heavy atom. The number of allylic oxidation sites excluding steroid dienone is 1. The van der Waals surface area contributed by atoms with Gasteiger partial charge in [0.05, 0.1) is 23.3 Å². The topological polar surface area (TPSA) is 60.5 Å². The van der Waals surface area contributed by atoms with Crippen molar-refractivity contribution in [2.75, 3.05) is 23.8 Å². The van der Waals surface area contributed by atoms with E-state index in [1.165, 1.54) is 16.8 Å². The Balaban J connectivity index is 1.52. The number of hydrogen-bond donors (Lipinski definition) is 2. The van der Waals surface area contributed by atoms with Gasteiger partial charge in [0.2, 0.25) is 5.91 Å². The minimum atomic E-state index is -0.188. The molecule has 3 heterocycles. The zero-order chi connectivity index (χ0) is 25.4. The summed E-state index contributed by atoms with van der Waals surface area (Å²) in [7, 11) is 2.13. The molecule has 1 saturated heterocycles. The number of anilines is 2. The Morgan fingerprint density at radius 3 is 2.58 bits per heavy atom. The van der Waals surface area contributed by atoms with Crippen LogP contribution in [-0.2, 0) is 4.79 Å². The molecule has 184 valence electrons. The Morgan fingerprint density at radius 1 is 1.11 bits per heavy atom. The standard InChI is InChI=1S/C29H31N5OS/c1-19-17-29(2,3)33(4)24-14-13-20(16-22(19)24)27-26(23-12-8-9-15-30-23)32-28(36)34(27)18-25(35)31-21-10-6-5-7-11-21/h5-17,26-27H,18H2,1-4H3,(H,31,35)(H,32,36)/t26-,27-/m1/s1. The Labute approximate surface area is 218 Å². The summed E-state index contributed by atoms with van der Waals surface area (Å²) in [5, 5.41) is 6.97. The van der Waals surface area contributed by atoms with Gasteiger partial charge in [-0.1, -0.05) is 36.4 Å². The van der Waals surface area contributed by atoms with Crippen LogP contribution in [0.25, 0.3) is 5.57 Å². The zero-order valence-electron chi connectivity index (χ0n) is 21.0. The number of hydrogen-bond acceptors (Lipinski definition) is 4. The fourth-order valence-electron chi connectivity index (χ4n) is 5.18. The molecule has 1 aromatic heterocycles. The molecule has 36 heavy (non-hydrogen) atoms. The van der Waals surface area contributed by atoms with Crippen LogP contribution in [0.3, 0.4) is 0 Å². The van der Waals surface area contributed by atoms with Crippen molar-refractivity contribution in [1.82, 2.24) is 15.2 Å². The second-order valence-electron chi connectivity index (χ2n) is 9.99. The smallest absolute Gasteiger partial charge is 0.244 e. The van der Waals surface area contributed by atoms with Crippen LogP contribution in [0.5, 0.6) is 0 Å². The number of carbonyl (C=O) groups is 1. The highest BCUT2D eigenvalue weighted by molar-refractivity contribution is 7.80. The maximum absolute atomic E-state index is 13.1. The number of benzene rings is 2. The molecule has 3 aromatic rings. The number of fused-ring (bicyclic) bond motifs is 1. The van der Waals surface area contributed by atoms with E-state index in [1.54, 1.807) is 6.20 Å². The first-order valence-electron chi connectivity index (χ1n) is 12.2. The second kappa shape index (κ2) is 9.39. The number of para-hydroxylation sites is 1. The highest BCUT2D eigenvalue weighted by Crippen LogP contribution is 2.43. The van der Waals surface area contributed by atoms with Gasteiger partial charge in [0.1, 0.15) is 6.54 Å². The van der Waals surface area contributed by atoms with E-state index in [-0.39, 0.29) is 30.1 Å². The number of aromatic nitrogens is 1. The van der Waals surface area contributed by atoms with Crippen LogP contribution in [-0.4, -0.2) is 40.0 Å². The lowest BCUT2D eigenvalue weighted by molar-refractivity contribution is -0.116. The minimum absolute atomic E-state index is 0.0624. The molecule has 0 radical (unpaired) electrons. The van der Waals surface area contributed by atoms with Crippen molar-refractivity contribution in [3.8, 4) is 0 Å². The van der Waals surface area contributed by atoms with Gasteiger partial charge in [-0.3, -0.25) is 9.78 Å². The average Bonchev–Trinajstić information content (AvgIpc) is 3.19. The first-order valence-corrected chi connectivity index (χ1v) is 12.6. The Kier molecular flexibility index (Phi) is 6.26. The average molecular weight is 498 g/mol. The molecule has 2 aromatic carbocycles. The van der Waals surface area contributed by atoms with E-state index in [0.717, 1.165) is 16.9 Å². The number of thiocarbonyl (C=S) groups is 1. The van der Waals surface area contributed by atoms with Gasteiger partial charge in [-0.15, -0.1) is 0 Å². The monoisotopic (exact) mass is 497 g/mol. The SMILES string of the molecule is CC1=CC(C)(C)N(C)c2ccc([C@@H]3[C@@H](c4ccccn4)NC(=S)N3CC(=O)Nc3ccccc3)cc21. The number of likely N-dealkylation sites (N-methyl/N-ethyl adjacent to an activating group) is 1. The quantitative estimate of drug-likeness (QED) is 0.465. The summed E-state index contributed by atoms with van der Waals surface area (Å²) in [5.74, 6) is -0.118. The molecule has 2 aliphatic heterocycles. The van der Waals surface area contributed by atoms with E-state index < -0.39 is 0 Å². The van der Waals surface area contributed by atoms with Gasteiger partial charge >= 0.3 is 0 Å². The van der Waals surface area contributed by atoms with Crippen LogP contribution in [0.1, 0.15) is 49.7 Å². The zero-order valence-corrected chi connectivity index (χ0v) is 21.8. The van der Waals surface area contributed by atoms with Crippen LogP contribution in [0.4, 0.5) is 11.4 Å². The van der Waals surface area contributed by atoms with Crippen molar-refractivity contribution in [2.24, 2.45) is 0 Å². The molecule has 2 N–H and O–H groups in total. The van der Waals surface area contributed by atoms with Crippen molar-refractivity contribution in [1.29, 1.82) is 0 Å². The molecule has 0 spiro atoms. The first kappa shape index (κ1) is 24.0.